The van der Waals surface area contributed by atoms with Gasteiger partial charge in [0.2, 0.25) is 0 Å². The van der Waals surface area contributed by atoms with Crippen molar-refractivity contribution in [3.8, 4) is 0 Å². The quantitative estimate of drug-likeness (QED) is 0.878. The van der Waals surface area contributed by atoms with Crippen LogP contribution in [0.15, 0.2) is 24.3 Å². The second kappa shape index (κ2) is 7.14. The maximum atomic E-state index is 12.0. The van der Waals surface area contributed by atoms with E-state index in [4.69, 9.17) is 16.7 Å². The Kier molecular flexibility index (Phi) is 5.48. The maximum Gasteiger partial charge on any atom is 0.317 e. The van der Waals surface area contributed by atoms with Gasteiger partial charge in [0.1, 0.15) is 0 Å². The molecule has 0 aromatic heterocycles. The van der Waals surface area contributed by atoms with Crippen molar-refractivity contribution in [3.63, 3.8) is 0 Å². The lowest BCUT2D eigenvalue weighted by Gasteiger charge is -2.31. The minimum absolute atomic E-state index is 0.0142. The molecule has 0 saturated heterocycles. The molecule has 2 rings (SSSR count). The predicted octanol–water partition coefficient (Wildman–Crippen LogP) is 2.79. The number of likely N-dealkylation sites (N-methyl/N-ethyl adjacent to an activating group) is 1. The number of nitrogens with one attached hydrogen (secondary N) is 1. The van der Waals surface area contributed by atoms with E-state index in [2.05, 4.69) is 17.4 Å². The topological polar surface area (TPSA) is 52.6 Å². The van der Waals surface area contributed by atoms with Gasteiger partial charge in [-0.3, -0.25) is 0 Å². The van der Waals surface area contributed by atoms with Gasteiger partial charge in [-0.05, 0) is 30.5 Å². The largest absolute Gasteiger partial charge is 0.395 e. The van der Waals surface area contributed by atoms with E-state index in [1.807, 2.05) is 12.1 Å². The van der Waals surface area contributed by atoms with E-state index in [1.165, 1.54) is 23.3 Å². The molecule has 4 nitrogen and oxygen atoms in total. The minimum Gasteiger partial charge on any atom is -0.395 e. The Morgan fingerprint density at radius 1 is 1.33 bits per heavy atom. The summed E-state index contributed by atoms with van der Waals surface area (Å²) in [5, 5.41) is 12.6. The van der Waals surface area contributed by atoms with Crippen molar-refractivity contribution in [2.45, 2.75) is 31.1 Å². The Hall–Kier alpha value is -1.26. The normalized spacial score (nSPS) is 16.7. The number of rotatable bonds is 5. The number of aliphatic hydroxyl groups excluding tert-OH is 1. The Morgan fingerprint density at radius 2 is 1.95 bits per heavy atom. The number of amides is 2. The van der Waals surface area contributed by atoms with Crippen molar-refractivity contribution in [2.75, 3.05) is 26.7 Å². The highest BCUT2D eigenvalue weighted by molar-refractivity contribution is 6.30. The Labute approximate surface area is 131 Å². The molecular formula is C16H23ClN2O2. The number of nitrogens with zero attached hydrogens (tertiary/aromatic N) is 1. The molecule has 21 heavy (non-hydrogen) atoms. The first-order chi connectivity index (χ1) is 10.1. The number of hydrogen-bond acceptors (Lipinski definition) is 2. The Morgan fingerprint density at radius 3 is 2.52 bits per heavy atom. The summed E-state index contributed by atoms with van der Waals surface area (Å²) in [5.41, 5.74) is 1.26. The van der Waals surface area contributed by atoms with E-state index in [0.29, 0.717) is 13.1 Å². The summed E-state index contributed by atoms with van der Waals surface area (Å²) < 4.78 is 0. The van der Waals surface area contributed by atoms with Gasteiger partial charge < -0.3 is 15.3 Å². The van der Waals surface area contributed by atoms with Crippen LogP contribution >= 0.6 is 11.6 Å². The maximum absolute atomic E-state index is 12.0. The summed E-state index contributed by atoms with van der Waals surface area (Å²) in [6, 6.07) is 7.83. The molecule has 0 unspecified atom stereocenters. The highest BCUT2D eigenvalue weighted by Crippen LogP contribution is 2.40. The van der Waals surface area contributed by atoms with Gasteiger partial charge in [0.25, 0.3) is 0 Å². The molecule has 5 heteroatoms. The monoisotopic (exact) mass is 310 g/mol. The number of hydrogen-bond donors (Lipinski definition) is 2. The number of carbonyl (C=O) groups is 1. The highest BCUT2D eigenvalue weighted by Gasteiger charge is 2.36. The second-order valence-electron chi connectivity index (χ2n) is 5.80. The van der Waals surface area contributed by atoms with Crippen LogP contribution in [0.4, 0.5) is 4.79 Å². The van der Waals surface area contributed by atoms with Crippen molar-refractivity contribution < 1.29 is 9.90 Å². The molecule has 1 aliphatic carbocycles. The zero-order chi connectivity index (χ0) is 15.3. The zero-order valence-corrected chi connectivity index (χ0v) is 13.2. The van der Waals surface area contributed by atoms with Crippen LogP contribution in [0, 0.1) is 0 Å². The van der Waals surface area contributed by atoms with Crippen LogP contribution in [0.5, 0.6) is 0 Å². The first kappa shape index (κ1) is 16.1. The molecule has 0 atom stereocenters. The van der Waals surface area contributed by atoms with Gasteiger partial charge >= 0.3 is 6.03 Å². The van der Waals surface area contributed by atoms with Gasteiger partial charge in [0.05, 0.1) is 6.61 Å². The third-order valence-corrected chi connectivity index (χ3v) is 4.63. The number of carbonyl (C=O) groups excluding carboxylic acids is 1. The van der Waals surface area contributed by atoms with Crippen LogP contribution in [0.25, 0.3) is 0 Å². The molecule has 0 spiro atoms. The molecule has 116 valence electrons. The minimum atomic E-state index is -0.135. The standard InChI is InChI=1S/C16H23ClN2O2/c1-19(10-11-20)15(21)18-12-16(8-2-3-9-16)13-4-6-14(17)7-5-13/h4-7,20H,2-3,8-12H2,1H3,(H,18,21). The van der Waals surface area contributed by atoms with Crippen molar-refractivity contribution in [3.05, 3.63) is 34.9 Å². The lowest BCUT2D eigenvalue weighted by atomic mass is 9.79. The van der Waals surface area contributed by atoms with E-state index in [1.54, 1.807) is 7.05 Å². The van der Waals surface area contributed by atoms with E-state index in [9.17, 15) is 4.79 Å². The SMILES string of the molecule is CN(CCO)C(=O)NCC1(c2ccc(Cl)cc2)CCCC1. The van der Waals surface area contributed by atoms with Crippen LogP contribution in [0.2, 0.25) is 5.02 Å². The van der Waals surface area contributed by atoms with Gasteiger partial charge in [-0.1, -0.05) is 36.6 Å². The molecule has 2 N–H and O–H groups in total. The van der Waals surface area contributed by atoms with E-state index in [0.717, 1.165) is 17.9 Å². The van der Waals surface area contributed by atoms with Crippen molar-refractivity contribution in [2.24, 2.45) is 0 Å². The average molecular weight is 311 g/mol. The third-order valence-electron chi connectivity index (χ3n) is 4.38. The lowest BCUT2D eigenvalue weighted by molar-refractivity contribution is 0.188. The second-order valence-corrected chi connectivity index (χ2v) is 6.23. The lowest BCUT2D eigenvalue weighted by Crippen LogP contribution is -2.45. The molecule has 1 aliphatic rings. The van der Waals surface area contributed by atoms with Crippen LogP contribution in [-0.2, 0) is 5.41 Å². The molecule has 1 aromatic rings. The fraction of sp³-hybridized carbons (Fsp3) is 0.562. The summed E-state index contributed by atoms with van der Waals surface area (Å²) in [5.74, 6) is 0. The summed E-state index contributed by atoms with van der Waals surface area (Å²) in [6.45, 7) is 0.954. The smallest absolute Gasteiger partial charge is 0.317 e. The predicted molar refractivity (Wildman–Crippen MR) is 84.7 cm³/mol. The summed E-state index contributed by atoms with van der Waals surface area (Å²) in [4.78, 5) is 13.5. The first-order valence-corrected chi connectivity index (χ1v) is 7.81. The number of halogens is 1. The average Bonchev–Trinajstić information content (AvgIpc) is 2.96. The fourth-order valence-corrected chi connectivity index (χ4v) is 3.18. The summed E-state index contributed by atoms with van der Waals surface area (Å²) in [7, 11) is 1.69. The molecule has 2 amide bonds. The van der Waals surface area contributed by atoms with E-state index >= 15 is 0 Å². The van der Waals surface area contributed by atoms with Crippen LogP contribution < -0.4 is 5.32 Å². The van der Waals surface area contributed by atoms with Crippen molar-refractivity contribution in [1.82, 2.24) is 10.2 Å². The summed E-state index contributed by atoms with van der Waals surface area (Å²) >= 11 is 5.97. The molecule has 0 aliphatic heterocycles. The van der Waals surface area contributed by atoms with Crippen LogP contribution in [0.3, 0.4) is 0 Å². The van der Waals surface area contributed by atoms with E-state index in [-0.39, 0.29) is 18.1 Å². The fourth-order valence-electron chi connectivity index (χ4n) is 3.05. The van der Waals surface area contributed by atoms with Crippen LogP contribution in [-0.4, -0.2) is 42.8 Å². The van der Waals surface area contributed by atoms with Gasteiger partial charge in [-0.25, -0.2) is 4.79 Å². The molecule has 1 aromatic carbocycles. The Balaban J connectivity index is 2.05. The third kappa shape index (κ3) is 3.89. The Bertz CT molecular complexity index is 470. The number of urea groups is 1. The van der Waals surface area contributed by atoms with Gasteiger partial charge in [0.15, 0.2) is 0 Å². The molecule has 1 saturated carbocycles. The first-order valence-electron chi connectivity index (χ1n) is 7.43. The van der Waals surface area contributed by atoms with Gasteiger partial charge in [0, 0.05) is 30.6 Å². The van der Waals surface area contributed by atoms with Gasteiger partial charge in [-0.15, -0.1) is 0 Å². The van der Waals surface area contributed by atoms with Gasteiger partial charge in [-0.2, -0.15) is 0 Å². The van der Waals surface area contributed by atoms with Crippen molar-refractivity contribution >= 4 is 17.6 Å². The molecule has 0 radical (unpaired) electrons. The molecular weight excluding hydrogens is 288 g/mol. The van der Waals surface area contributed by atoms with E-state index < -0.39 is 0 Å². The zero-order valence-electron chi connectivity index (χ0n) is 12.4. The number of benzene rings is 1. The molecule has 1 fully saturated rings. The number of aliphatic hydroxyl groups is 1. The highest BCUT2D eigenvalue weighted by atomic mass is 35.5. The molecule has 0 bridgehead atoms. The van der Waals surface area contributed by atoms with Crippen molar-refractivity contribution in [1.29, 1.82) is 0 Å². The molecule has 0 heterocycles. The summed E-state index contributed by atoms with van der Waals surface area (Å²) in [6.07, 6.45) is 4.53. The van der Waals surface area contributed by atoms with Crippen LogP contribution in [0.1, 0.15) is 31.2 Å².